The number of oxime groups is 1. The van der Waals surface area contributed by atoms with Crippen molar-refractivity contribution >= 4 is 11.5 Å². The summed E-state index contributed by atoms with van der Waals surface area (Å²) in [5.41, 5.74) is 3.12. The molecule has 0 aliphatic carbocycles. The van der Waals surface area contributed by atoms with Gasteiger partial charge in [0, 0.05) is 61.6 Å². The molecule has 6 nitrogen and oxygen atoms in total. The summed E-state index contributed by atoms with van der Waals surface area (Å²) >= 11 is 0. The molecule has 0 radical (unpaired) electrons. The minimum Gasteiger partial charge on any atom is -0.392 e. The first-order valence-corrected chi connectivity index (χ1v) is 12.6. The molecule has 0 saturated carbocycles. The number of hydrogen-bond acceptors (Lipinski definition) is 5. The average molecular weight is 515 g/mol. The Bertz CT molecular complexity index is 1510. The van der Waals surface area contributed by atoms with Crippen molar-refractivity contribution in [2.75, 3.05) is 18.0 Å². The van der Waals surface area contributed by atoms with Crippen molar-refractivity contribution in [1.82, 2.24) is 9.55 Å². The maximum absolute atomic E-state index is 15.0. The van der Waals surface area contributed by atoms with Crippen LogP contribution >= 0.6 is 0 Å². The van der Waals surface area contributed by atoms with Gasteiger partial charge in [0.1, 0.15) is 29.3 Å². The summed E-state index contributed by atoms with van der Waals surface area (Å²) in [6.45, 7) is 5.34. The van der Waals surface area contributed by atoms with E-state index in [0.717, 1.165) is 41.8 Å². The lowest BCUT2D eigenvalue weighted by Crippen LogP contribution is -2.37. The maximum atomic E-state index is 15.0. The number of nitrogens with zero attached hydrogens (tertiary/aromatic N) is 4. The van der Waals surface area contributed by atoms with Crippen molar-refractivity contribution in [3.63, 3.8) is 0 Å². The van der Waals surface area contributed by atoms with Gasteiger partial charge >= 0.3 is 0 Å². The summed E-state index contributed by atoms with van der Waals surface area (Å²) in [6.07, 6.45) is 4.64. The molecule has 1 aliphatic rings. The Kier molecular flexibility index (Phi) is 7.31. The third-order valence-electron chi connectivity index (χ3n) is 6.76. The number of anilines is 1. The lowest BCUT2D eigenvalue weighted by atomic mass is 10.0. The summed E-state index contributed by atoms with van der Waals surface area (Å²) in [4.78, 5) is 25.4. The second-order valence-electron chi connectivity index (χ2n) is 9.41. The number of piperidine rings is 1. The largest absolute Gasteiger partial charge is 0.392 e. The molecule has 0 amide bonds. The van der Waals surface area contributed by atoms with E-state index in [4.69, 9.17) is 4.84 Å². The number of benzene rings is 2. The molecule has 2 aromatic carbocycles. The third kappa shape index (κ3) is 5.34. The van der Waals surface area contributed by atoms with Gasteiger partial charge in [0.2, 0.25) is 0 Å². The number of hydrogen-bond donors (Lipinski definition) is 0. The first-order valence-electron chi connectivity index (χ1n) is 12.6. The van der Waals surface area contributed by atoms with Crippen LogP contribution in [0.3, 0.4) is 0 Å². The molecule has 0 atom stereocenters. The Labute approximate surface area is 219 Å². The summed E-state index contributed by atoms with van der Waals surface area (Å²) in [7, 11) is 0. The average Bonchev–Trinajstić information content (AvgIpc) is 2.92. The molecule has 3 heterocycles. The smallest absolute Gasteiger partial charge is 0.255 e. The Morgan fingerprint density at radius 2 is 1.74 bits per heavy atom. The van der Waals surface area contributed by atoms with E-state index in [-0.39, 0.29) is 22.9 Å². The minimum absolute atomic E-state index is 0.0871. The Morgan fingerprint density at radius 1 is 0.974 bits per heavy atom. The molecule has 4 aromatic rings. The fourth-order valence-electron chi connectivity index (χ4n) is 4.78. The van der Waals surface area contributed by atoms with Crippen LogP contribution < -0.4 is 10.5 Å². The van der Waals surface area contributed by atoms with E-state index in [1.807, 2.05) is 50.2 Å². The van der Waals surface area contributed by atoms with Crippen LogP contribution in [0.25, 0.3) is 5.69 Å². The molecule has 5 rings (SSSR count). The fraction of sp³-hybridized carbons (Fsp3) is 0.233. The highest BCUT2D eigenvalue weighted by Crippen LogP contribution is 2.23. The highest BCUT2D eigenvalue weighted by molar-refractivity contribution is 6.12. The molecule has 0 N–H and O–H groups in total. The van der Waals surface area contributed by atoms with Gasteiger partial charge in [-0.2, -0.15) is 0 Å². The highest BCUT2D eigenvalue weighted by atomic mass is 19.1. The molecule has 0 unspecified atom stereocenters. The summed E-state index contributed by atoms with van der Waals surface area (Å²) in [5, 5.41) is 4.39. The molecule has 1 fully saturated rings. The van der Waals surface area contributed by atoms with Crippen molar-refractivity contribution in [3.8, 4) is 5.69 Å². The van der Waals surface area contributed by atoms with Crippen molar-refractivity contribution in [2.24, 2.45) is 5.16 Å². The second-order valence-corrected chi connectivity index (χ2v) is 9.41. The van der Waals surface area contributed by atoms with Crippen molar-refractivity contribution in [3.05, 3.63) is 123 Å². The summed E-state index contributed by atoms with van der Waals surface area (Å²) < 4.78 is 30.2. The van der Waals surface area contributed by atoms with Crippen LogP contribution in [0.2, 0.25) is 0 Å². The Balaban J connectivity index is 1.48. The van der Waals surface area contributed by atoms with Crippen LogP contribution in [0.4, 0.5) is 14.6 Å². The van der Waals surface area contributed by atoms with E-state index in [1.165, 1.54) is 22.8 Å². The van der Waals surface area contributed by atoms with E-state index in [2.05, 4.69) is 15.0 Å². The lowest BCUT2D eigenvalue weighted by Gasteiger charge is -2.31. The van der Waals surface area contributed by atoms with Crippen molar-refractivity contribution in [1.29, 1.82) is 0 Å². The second kappa shape index (κ2) is 11.0. The number of rotatable bonds is 6. The van der Waals surface area contributed by atoms with Crippen molar-refractivity contribution in [2.45, 2.75) is 32.8 Å². The van der Waals surface area contributed by atoms with E-state index < -0.39 is 11.6 Å². The monoisotopic (exact) mass is 514 g/mol. The zero-order chi connectivity index (χ0) is 26.6. The van der Waals surface area contributed by atoms with Crippen LogP contribution in [0.15, 0.2) is 89.1 Å². The van der Waals surface area contributed by atoms with E-state index in [0.29, 0.717) is 18.4 Å². The van der Waals surface area contributed by atoms with Crippen LogP contribution in [0.1, 0.15) is 35.1 Å². The van der Waals surface area contributed by atoms with Gasteiger partial charge in [-0.3, -0.25) is 9.36 Å². The lowest BCUT2D eigenvalue weighted by molar-refractivity contribution is 0.0421. The van der Waals surface area contributed by atoms with Gasteiger partial charge in [-0.15, -0.1) is 0 Å². The molecule has 1 saturated heterocycles. The van der Waals surface area contributed by atoms with E-state index in [1.54, 1.807) is 18.5 Å². The van der Waals surface area contributed by atoms with Gasteiger partial charge in [-0.25, -0.2) is 13.8 Å². The molecule has 8 heteroatoms. The van der Waals surface area contributed by atoms with Crippen LogP contribution in [0.5, 0.6) is 0 Å². The first kappa shape index (κ1) is 25.3. The van der Waals surface area contributed by atoms with Crippen LogP contribution in [-0.2, 0) is 4.84 Å². The number of para-hydroxylation sites is 1. The van der Waals surface area contributed by atoms with Gasteiger partial charge in [0.05, 0.1) is 5.69 Å². The minimum atomic E-state index is -0.762. The van der Waals surface area contributed by atoms with E-state index >= 15 is 0 Å². The summed E-state index contributed by atoms with van der Waals surface area (Å²) in [6, 6.07) is 17.9. The fourth-order valence-corrected chi connectivity index (χ4v) is 4.78. The molecular weight excluding hydrogens is 486 g/mol. The van der Waals surface area contributed by atoms with E-state index in [9.17, 15) is 13.6 Å². The Morgan fingerprint density at radius 3 is 2.42 bits per heavy atom. The molecule has 1 aliphatic heterocycles. The van der Waals surface area contributed by atoms with Gasteiger partial charge < -0.3 is 9.74 Å². The highest BCUT2D eigenvalue weighted by Gasteiger charge is 2.23. The van der Waals surface area contributed by atoms with Crippen molar-refractivity contribution < 1.29 is 13.6 Å². The number of aromatic nitrogens is 2. The molecule has 2 aromatic heterocycles. The van der Waals surface area contributed by atoms with Gasteiger partial charge in [0.25, 0.3) is 5.56 Å². The van der Waals surface area contributed by atoms with Gasteiger partial charge in [0.15, 0.2) is 0 Å². The van der Waals surface area contributed by atoms with Crippen LogP contribution in [-0.4, -0.2) is 34.5 Å². The maximum Gasteiger partial charge on any atom is 0.255 e. The Hall–Kier alpha value is -4.33. The predicted molar refractivity (Wildman–Crippen MR) is 144 cm³/mol. The number of aryl methyl sites for hydroxylation is 2. The third-order valence-corrected chi connectivity index (χ3v) is 6.76. The molecule has 0 spiro atoms. The molecule has 38 heavy (non-hydrogen) atoms. The van der Waals surface area contributed by atoms with Gasteiger partial charge in [-0.1, -0.05) is 29.4 Å². The number of pyridine rings is 2. The normalized spacial score (nSPS) is 14.5. The molecule has 194 valence electrons. The predicted octanol–water partition coefficient (Wildman–Crippen LogP) is 5.57. The van der Waals surface area contributed by atoms with Gasteiger partial charge in [-0.05, 0) is 55.3 Å². The topological polar surface area (TPSA) is 59.7 Å². The first-order chi connectivity index (χ1) is 18.4. The molecule has 0 bridgehead atoms. The standard InChI is InChI=1S/C30H28F2N4O2/c1-20-6-5-7-21(2)30(20)36-19-22(9-12-28(36)37)29(25-11-10-23(31)18-26(25)32)34-38-24-13-16-35(17-14-24)27-8-3-4-15-33-27/h3-12,15,18-19,24H,13-14,16-17H2,1-2H3. The SMILES string of the molecule is Cc1cccc(C)c1-n1cc(C(=NOC2CCN(c3ccccn3)CC2)c2ccc(F)cc2F)ccc1=O. The summed E-state index contributed by atoms with van der Waals surface area (Å²) in [5.74, 6) is -0.534. The quantitative estimate of drug-likeness (QED) is 0.250. The zero-order valence-corrected chi connectivity index (χ0v) is 21.3. The zero-order valence-electron chi connectivity index (χ0n) is 21.3. The molecular formula is C30H28F2N4O2. The number of halogens is 2. The van der Waals surface area contributed by atoms with Crippen LogP contribution in [0, 0.1) is 25.5 Å².